The maximum atomic E-state index is 6.70. The lowest BCUT2D eigenvalue weighted by molar-refractivity contribution is 0.495. The third-order valence-corrected chi connectivity index (χ3v) is 0.635. The van der Waals surface area contributed by atoms with E-state index in [0.717, 1.165) is 0 Å². The van der Waals surface area contributed by atoms with Gasteiger partial charge in [0, 0.05) is 0 Å². The van der Waals surface area contributed by atoms with Gasteiger partial charge in [0.1, 0.15) is 6.26 Å². The van der Waals surface area contributed by atoms with E-state index in [2.05, 4.69) is 9.40 Å². The van der Waals surface area contributed by atoms with E-state index in [4.69, 9.17) is 5.73 Å². The van der Waals surface area contributed by atoms with Gasteiger partial charge in [0.05, 0.1) is 12.7 Å². The highest BCUT2D eigenvalue weighted by Crippen LogP contribution is 1.89. The predicted octanol–water partition coefficient (Wildman–Crippen LogP) is 0.458. The molecule has 3 heteroatoms. The first-order chi connectivity index (χ1) is 3.43. The first-order valence-corrected chi connectivity index (χ1v) is 1.96. The second kappa shape index (κ2) is 1.75. The second-order valence-electron chi connectivity index (χ2n) is 1.10. The second-order valence-corrected chi connectivity index (χ2v) is 1.10. The van der Waals surface area contributed by atoms with Gasteiger partial charge in [-0.1, -0.05) is 0 Å². The van der Waals surface area contributed by atoms with Crippen molar-refractivity contribution in [2.75, 3.05) is 0 Å². The molecule has 37 valence electrons. The molecule has 0 fully saturated rings. The Morgan fingerprint density at radius 2 is 2.71 bits per heavy atom. The zero-order chi connectivity index (χ0) is 5.11. The van der Waals surface area contributed by atoms with E-state index < -0.39 is 0 Å². The van der Waals surface area contributed by atoms with Gasteiger partial charge in [-0.15, -0.1) is 0 Å². The number of nitrogens with zero attached hydrogens (tertiary/aromatic N) is 1. The molecule has 0 aliphatic carbocycles. The Bertz CT molecular complexity index is 124. The summed E-state index contributed by atoms with van der Waals surface area (Å²) < 4.78 is 4.68. The van der Waals surface area contributed by atoms with Crippen molar-refractivity contribution in [1.29, 1.82) is 0 Å². The fourth-order valence-corrected chi connectivity index (χ4v) is 0.340. The molecule has 1 aromatic rings. The monoisotopic (exact) mass is 97.0 g/mol. The Morgan fingerprint density at radius 1 is 1.86 bits per heavy atom. The molecule has 1 rings (SSSR count). The minimum Gasteiger partial charge on any atom is -0.448 e. The number of nitrogens with one attached hydrogen (secondary N) is 1. The maximum absolute atomic E-state index is 6.70. The van der Waals surface area contributed by atoms with Crippen LogP contribution in [-0.4, -0.2) is 4.98 Å². The third-order valence-electron chi connectivity index (χ3n) is 0.635. The van der Waals surface area contributed by atoms with Crippen LogP contribution < -0.4 is 5.73 Å². The highest BCUT2D eigenvalue weighted by molar-refractivity contribution is 4.76. The van der Waals surface area contributed by atoms with Crippen LogP contribution >= 0.6 is 0 Å². The Hall–Kier alpha value is -0.830. The molecule has 1 N–H and O–H groups in total. The van der Waals surface area contributed by atoms with Crippen molar-refractivity contribution >= 4 is 0 Å². The molecule has 0 amide bonds. The number of hydrogen-bond donors (Lipinski definition) is 0. The lowest BCUT2D eigenvalue weighted by Crippen LogP contribution is -1.80. The summed E-state index contributed by atoms with van der Waals surface area (Å²) in [4.78, 5) is 3.68. The van der Waals surface area contributed by atoms with Crippen LogP contribution in [0.5, 0.6) is 0 Å². The number of rotatable bonds is 1. The molecule has 0 aliphatic heterocycles. The zero-order valence-electron chi connectivity index (χ0n) is 3.72. The predicted molar refractivity (Wildman–Crippen MR) is 23.3 cm³/mol. The molecule has 0 spiro atoms. The van der Waals surface area contributed by atoms with Crippen LogP contribution in [0.4, 0.5) is 0 Å². The third kappa shape index (κ3) is 0.778. The van der Waals surface area contributed by atoms with E-state index in [0.29, 0.717) is 5.89 Å². The van der Waals surface area contributed by atoms with Crippen molar-refractivity contribution in [3.63, 3.8) is 0 Å². The Kier molecular flexibility index (Phi) is 1.08. The van der Waals surface area contributed by atoms with Crippen LogP contribution in [-0.2, 0) is 6.54 Å². The standard InChI is InChI=1S/C4H5N2O/c5-3-4-6-1-2-7-4/h1-2,5H,3H2. The van der Waals surface area contributed by atoms with Crippen molar-refractivity contribution in [2.45, 2.75) is 6.54 Å². The summed E-state index contributed by atoms with van der Waals surface area (Å²) >= 11 is 0. The number of aromatic nitrogens is 1. The first kappa shape index (κ1) is 4.33. The zero-order valence-corrected chi connectivity index (χ0v) is 3.72. The fraction of sp³-hybridized carbons (Fsp3) is 0.250. The van der Waals surface area contributed by atoms with Crippen molar-refractivity contribution in [2.24, 2.45) is 0 Å². The van der Waals surface area contributed by atoms with Crippen LogP contribution in [0, 0.1) is 0 Å². The van der Waals surface area contributed by atoms with Crippen molar-refractivity contribution in [3.8, 4) is 0 Å². The molecule has 0 unspecified atom stereocenters. The van der Waals surface area contributed by atoms with E-state index >= 15 is 0 Å². The minimum atomic E-state index is 0.132. The van der Waals surface area contributed by atoms with Crippen LogP contribution in [0.15, 0.2) is 16.9 Å². The Balaban J connectivity index is 2.76. The summed E-state index contributed by atoms with van der Waals surface area (Å²) in [6.45, 7) is 0.132. The van der Waals surface area contributed by atoms with Crippen molar-refractivity contribution < 1.29 is 4.42 Å². The summed E-state index contributed by atoms with van der Waals surface area (Å²) in [5.41, 5.74) is 6.70. The maximum Gasteiger partial charge on any atom is 0.209 e. The summed E-state index contributed by atoms with van der Waals surface area (Å²) in [5, 5.41) is 0. The van der Waals surface area contributed by atoms with Gasteiger partial charge in [-0.05, 0) is 0 Å². The summed E-state index contributed by atoms with van der Waals surface area (Å²) in [5.74, 6) is 0.472. The minimum absolute atomic E-state index is 0.132. The van der Waals surface area contributed by atoms with E-state index in [9.17, 15) is 0 Å². The van der Waals surface area contributed by atoms with Gasteiger partial charge < -0.3 is 4.42 Å². The highest BCUT2D eigenvalue weighted by Gasteiger charge is 1.87. The smallest absolute Gasteiger partial charge is 0.209 e. The van der Waals surface area contributed by atoms with Gasteiger partial charge in [0.2, 0.25) is 5.89 Å². The molecule has 0 atom stereocenters. The first-order valence-electron chi connectivity index (χ1n) is 1.96. The van der Waals surface area contributed by atoms with Gasteiger partial charge in [-0.25, -0.2) is 10.7 Å². The molecule has 0 saturated carbocycles. The normalized spacial score (nSPS) is 9.29. The van der Waals surface area contributed by atoms with E-state index in [1.54, 1.807) is 0 Å². The van der Waals surface area contributed by atoms with E-state index in [1.807, 2.05) is 0 Å². The highest BCUT2D eigenvalue weighted by atomic mass is 16.3. The molecule has 0 aliphatic rings. The average Bonchev–Trinajstić information content (AvgIpc) is 2.14. The van der Waals surface area contributed by atoms with Crippen molar-refractivity contribution in [1.82, 2.24) is 10.7 Å². The lowest BCUT2D eigenvalue weighted by atomic mass is 10.7. The molecule has 1 aromatic heterocycles. The van der Waals surface area contributed by atoms with Gasteiger partial charge in [0.15, 0.2) is 0 Å². The summed E-state index contributed by atoms with van der Waals surface area (Å²) in [6.07, 6.45) is 2.99. The Morgan fingerprint density at radius 3 is 3.00 bits per heavy atom. The van der Waals surface area contributed by atoms with Crippen LogP contribution in [0.2, 0.25) is 0 Å². The van der Waals surface area contributed by atoms with E-state index in [-0.39, 0.29) is 6.54 Å². The molecular weight excluding hydrogens is 92.1 g/mol. The largest absolute Gasteiger partial charge is 0.448 e. The lowest BCUT2D eigenvalue weighted by Gasteiger charge is -1.77. The average molecular weight is 97.1 g/mol. The van der Waals surface area contributed by atoms with Gasteiger partial charge >= 0.3 is 0 Å². The molecule has 1 heterocycles. The molecule has 7 heavy (non-hydrogen) atoms. The molecule has 0 saturated heterocycles. The van der Waals surface area contributed by atoms with Gasteiger partial charge in [-0.2, -0.15) is 0 Å². The number of hydrogen-bond acceptors (Lipinski definition) is 2. The van der Waals surface area contributed by atoms with Gasteiger partial charge in [0.25, 0.3) is 0 Å². The van der Waals surface area contributed by atoms with Crippen molar-refractivity contribution in [3.05, 3.63) is 18.4 Å². The van der Waals surface area contributed by atoms with Crippen LogP contribution in [0.3, 0.4) is 0 Å². The molecular formula is C4H5N2O. The van der Waals surface area contributed by atoms with Gasteiger partial charge in [-0.3, -0.25) is 0 Å². The summed E-state index contributed by atoms with van der Waals surface area (Å²) in [6, 6.07) is 0. The fourth-order valence-electron chi connectivity index (χ4n) is 0.340. The molecule has 0 bridgehead atoms. The quantitative estimate of drug-likeness (QED) is 0.511. The van der Waals surface area contributed by atoms with Crippen LogP contribution in [0.25, 0.3) is 0 Å². The summed E-state index contributed by atoms with van der Waals surface area (Å²) in [7, 11) is 0. The molecule has 0 aromatic carbocycles. The van der Waals surface area contributed by atoms with Crippen LogP contribution in [0.1, 0.15) is 5.89 Å². The topological polar surface area (TPSA) is 49.8 Å². The Labute approximate surface area is 41.2 Å². The molecule has 1 radical (unpaired) electrons. The molecule has 3 nitrogen and oxygen atoms in total. The number of oxazole rings is 1. The van der Waals surface area contributed by atoms with E-state index in [1.165, 1.54) is 12.5 Å². The SMILES string of the molecule is [NH]Cc1ncco1.